The molecule has 1 aliphatic heterocycles. The predicted molar refractivity (Wildman–Crippen MR) is 81.2 cm³/mol. The Morgan fingerprint density at radius 3 is 2.85 bits per heavy atom. The summed E-state index contributed by atoms with van der Waals surface area (Å²) in [6.45, 7) is 2.38. The van der Waals surface area contributed by atoms with Gasteiger partial charge >= 0.3 is 0 Å². The maximum atomic E-state index is 12.1. The molecule has 0 atom stereocenters. The zero-order chi connectivity index (χ0) is 14.3. The van der Waals surface area contributed by atoms with E-state index in [2.05, 4.69) is 20.9 Å². The minimum atomic E-state index is -0.482. The largest absolute Gasteiger partial charge is 0.299 e. The number of Topliss-reactive ketones (excluding diaryl/α,β-unsaturated/α-hetero) is 1. The van der Waals surface area contributed by atoms with Crippen molar-refractivity contribution in [1.29, 1.82) is 0 Å². The van der Waals surface area contributed by atoms with Crippen LogP contribution in [0.25, 0.3) is 0 Å². The van der Waals surface area contributed by atoms with Crippen LogP contribution in [0, 0.1) is 0 Å². The van der Waals surface area contributed by atoms with Gasteiger partial charge in [0.2, 0.25) is 0 Å². The maximum Gasteiger partial charge on any atom is 0.299 e. The zero-order valence-corrected chi connectivity index (χ0v) is 13.1. The Morgan fingerprint density at radius 1 is 1.35 bits per heavy atom. The molecule has 6 heteroatoms. The van der Waals surface area contributed by atoms with Gasteiger partial charge in [-0.2, -0.15) is 0 Å². The minimum Gasteiger partial charge on any atom is -0.299 e. The number of benzene rings is 1. The van der Waals surface area contributed by atoms with Crippen LogP contribution in [0.1, 0.15) is 28.0 Å². The average Bonchev–Trinajstić information content (AvgIpc) is 2.99. The quantitative estimate of drug-likeness (QED) is 0.798. The number of hydrogen-bond donors (Lipinski definition) is 0. The van der Waals surface area contributed by atoms with Gasteiger partial charge in [0.1, 0.15) is 0 Å². The van der Waals surface area contributed by atoms with E-state index in [0.717, 1.165) is 21.6 Å². The van der Waals surface area contributed by atoms with Gasteiger partial charge in [-0.05, 0) is 24.6 Å². The fraction of sp³-hybridized carbons (Fsp3) is 0.214. The lowest BCUT2D eigenvalue weighted by atomic mass is 10.1. The molecule has 2 aromatic rings. The highest BCUT2D eigenvalue weighted by Crippen LogP contribution is 2.32. The first-order chi connectivity index (χ1) is 9.60. The summed E-state index contributed by atoms with van der Waals surface area (Å²) in [4.78, 5) is 30.0. The van der Waals surface area contributed by atoms with Crippen molar-refractivity contribution in [3.63, 3.8) is 0 Å². The van der Waals surface area contributed by atoms with E-state index in [4.69, 9.17) is 0 Å². The standard InChI is InChI=1S/C14H11BrN2O2S/c1-2-12-16-9(7-20-12)6-17-11-4-3-8(15)5-10(11)13(18)14(17)19/h3-5,7H,2,6H2,1H3. The second kappa shape index (κ2) is 5.10. The molecule has 1 aliphatic rings. The third-order valence-electron chi connectivity index (χ3n) is 3.16. The van der Waals surface area contributed by atoms with Crippen molar-refractivity contribution < 1.29 is 9.59 Å². The van der Waals surface area contributed by atoms with Gasteiger partial charge in [-0.3, -0.25) is 14.5 Å². The van der Waals surface area contributed by atoms with Gasteiger partial charge in [-0.1, -0.05) is 22.9 Å². The Balaban J connectivity index is 1.95. The second-order valence-electron chi connectivity index (χ2n) is 4.47. The minimum absolute atomic E-state index is 0.343. The molecule has 0 aliphatic carbocycles. The van der Waals surface area contributed by atoms with Crippen LogP contribution in [0.5, 0.6) is 0 Å². The molecular formula is C14H11BrN2O2S. The van der Waals surface area contributed by atoms with E-state index < -0.39 is 11.7 Å². The number of halogens is 1. The van der Waals surface area contributed by atoms with Gasteiger partial charge in [-0.25, -0.2) is 4.98 Å². The van der Waals surface area contributed by atoms with Crippen LogP contribution in [-0.4, -0.2) is 16.7 Å². The first-order valence-corrected chi connectivity index (χ1v) is 7.86. The van der Waals surface area contributed by atoms with Gasteiger partial charge < -0.3 is 0 Å². The fourth-order valence-corrected chi connectivity index (χ4v) is 3.27. The summed E-state index contributed by atoms with van der Waals surface area (Å²) in [5, 5.41) is 2.97. The molecule has 4 nitrogen and oxygen atoms in total. The van der Waals surface area contributed by atoms with E-state index >= 15 is 0 Å². The predicted octanol–water partition coefficient (Wildman–Crippen LogP) is 3.20. The highest BCUT2D eigenvalue weighted by atomic mass is 79.9. The molecule has 0 spiro atoms. The van der Waals surface area contributed by atoms with Crippen molar-refractivity contribution in [3.8, 4) is 0 Å². The summed E-state index contributed by atoms with van der Waals surface area (Å²) in [5.41, 5.74) is 1.94. The number of nitrogens with zero attached hydrogens (tertiary/aromatic N) is 2. The van der Waals surface area contributed by atoms with Crippen LogP contribution in [0.15, 0.2) is 28.1 Å². The summed E-state index contributed by atoms with van der Waals surface area (Å²) in [5.74, 6) is -0.934. The molecule has 3 rings (SSSR count). The van der Waals surface area contributed by atoms with E-state index in [-0.39, 0.29) is 0 Å². The number of carbonyl (C=O) groups excluding carboxylic acids is 2. The number of rotatable bonds is 3. The van der Waals surface area contributed by atoms with Crippen LogP contribution < -0.4 is 4.90 Å². The fourth-order valence-electron chi connectivity index (χ4n) is 2.18. The van der Waals surface area contributed by atoms with Crippen LogP contribution in [-0.2, 0) is 17.8 Å². The number of aryl methyl sites for hydroxylation is 1. The van der Waals surface area contributed by atoms with Crippen LogP contribution >= 0.6 is 27.3 Å². The third kappa shape index (κ3) is 2.19. The second-order valence-corrected chi connectivity index (χ2v) is 6.33. The molecule has 1 amide bonds. The van der Waals surface area contributed by atoms with Gasteiger partial charge in [0.05, 0.1) is 28.5 Å². The Kier molecular flexibility index (Phi) is 3.43. The SMILES string of the molecule is CCc1nc(CN2C(=O)C(=O)c3cc(Br)ccc32)cs1. The number of anilines is 1. The summed E-state index contributed by atoms with van der Waals surface area (Å²) in [6, 6.07) is 5.31. The van der Waals surface area contributed by atoms with Crippen molar-refractivity contribution in [2.24, 2.45) is 0 Å². The van der Waals surface area contributed by atoms with Crippen molar-refractivity contribution in [1.82, 2.24) is 4.98 Å². The van der Waals surface area contributed by atoms with Crippen molar-refractivity contribution >= 4 is 44.6 Å². The summed E-state index contributed by atoms with van der Waals surface area (Å²) >= 11 is 4.90. The number of thiazole rings is 1. The lowest BCUT2D eigenvalue weighted by Crippen LogP contribution is -2.29. The molecule has 0 saturated carbocycles. The topological polar surface area (TPSA) is 50.3 Å². The molecule has 0 unspecified atom stereocenters. The summed E-state index contributed by atoms with van der Waals surface area (Å²) < 4.78 is 0.793. The summed E-state index contributed by atoms with van der Waals surface area (Å²) in [6.07, 6.45) is 0.876. The van der Waals surface area contributed by atoms with Gasteiger partial charge in [0.25, 0.3) is 11.7 Å². The van der Waals surface area contributed by atoms with Crippen molar-refractivity contribution in [2.45, 2.75) is 19.9 Å². The van der Waals surface area contributed by atoms with E-state index in [9.17, 15) is 9.59 Å². The molecule has 0 N–H and O–H groups in total. The molecule has 20 heavy (non-hydrogen) atoms. The molecular weight excluding hydrogens is 340 g/mol. The maximum absolute atomic E-state index is 12.1. The number of amides is 1. The van der Waals surface area contributed by atoms with Crippen LogP contribution in [0.2, 0.25) is 0 Å². The first kappa shape index (κ1) is 13.5. The lowest BCUT2D eigenvalue weighted by Gasteiger charge is -2.14. The lowest BCUT2D eigenvalue weighted by molar-refractivity contribution is -0.114. The Hall–Kier alpha value is -1.53. The number of carbonyl (C=O) groups is 2. The normalized spacial score (nSPS) is 14.0. The zero-order valence-electron chi connectivity index (χ0n) is 10.7. The van der Waals surface area contributed by atoms with E-state index in [1.165, 1.54) is 4.90 Å². The Bertz CT molecular complexity index is 711. The molecule has 102 valence electrons. The molecule has 0 saturated heterocycles. The highest BCUT2D eigenvalue weighted by molar-refractivity contribution is 9.10. The van der Waals surface area contributed by atoms with Crippen LogP contribution in [0.4, 0.5) is 5.69 Å². The van der Waals surface area contributed by atoms with E-state index in [1.807, 2.05) is 18.4 Å². The number of fused-ring (bicyclic) bond motifs is 1. The molecule has 0 radical (unpaired) electrons. The summed E-state index contributed by atoms with van der Waals surface area (Å²) in [7, 11) is 0. The van der Waals surface area contributed by atoms with Crippen LogP contribution in [0.3, 0.4) is 0 Å². The Labute approximate surface area is 128 Å². The molecule has 2 heterocycles. The first-order valence-electron chi connectivity index (χ1n) is 6.19. The molecule has 0 fully saturated rings. The van der Waals surface area contributed by atoms with E-state index in [0.29, 0.717) is 17.8 Å². The van der Waals surface area contributed by atoms with Gasteiger partial charge in [0, 0.05) is 9.85 Å². The molecule has 1 aromatic heterocycles. The van der Waals surface area contributed by atoms with Gasteiger partial charge in [0.15, 0.2) is 0 Å². The monoisotopic (exact) mass is 350 g/mol. The van der Waals surface area contributed by atoms with E-state index in [1.54, 1.807) is 23.5 Å². The Morgan fingerprint density at radius 2 is 2.15 bits per heavy atom. The van der Waals surface area contributed by atoms with Crippen molar-refractivity contribution in [2.75, 3.05) is 4.90 Å². The smallest absolute Gasteiger partial charge is 0.299 e. The highest BCUT2D eigenvalue weighted by Gasteiger charge is 2.36. The number of hydrogen-bond acceptors (Lipinski definition) is 4. The number of aromatic nitrogens is 1. The van der Waals surface area contributed by atoms with Crippen molar-refractivity contribution in [3.05, 3.63) is 44.3 Å². The average molecular weight is 351 g/mol. The molecule has 0 bridgehead atoms. The third-order valence-corrected chi connectivity index (χ3v) is 4.69. The number of ketones is 1. The molecule has 1 aromatic carbocycles. The van der Waals surface area contributed by atoms with Gasteiger partial charge in [-0.15, -0.1) is 11.3 Å².